The molecular formula is C13H13NOS. The Morgan fingerprint density at radius 2 is 2.19 bits per heavy atom. The first-order chi connectivity index (χ1) is 7.65. The number of nitrogens with two attached hydrogens (primary N) is 1. The smallest absolute Gasteiger partial charge is 0.168 e. The van der Waals surface area contributed by atoms with E-state index in [1.807, 2.05) is 42.6 Å². The van der Waals surface area contributed by atoms with Gasteiger partial charge in [0.25, 0.3) is 0 Å². The van der Waals surface area contributed by atoms with Crippen LogP contribution in [-0.4, -0.2) is 5.78 Å². The van der Waals surface area contributed by atoms with Gasteiger partial charge in [0.2, 0.25) is 0 Å². The van der Waals surface area contributed by atoms with Crippen molar-refractivity contribution in [3.8, 4) is 0 Å². The van der Waals surface area contributed by atoms with Gasteiger partial charge < -0.3 is 5.73 Å². The van der Waals surface area contributed by atoms with E-state index in [0.717, 1.165) is 16.0 Å². The Morgan fingerprint density at radius 1 is 1.38 bits per heavy atom. The van der Waals surface area contributed by atoms with Crippen molar-refractivity contribution in [1.29, 1.82) is 0 Å². The van der Waals surface area contributed by atoms with E-state index in [1.54, 1.807) is 11.3 Å². The molecule has 2 nitrogen and oxygen atoms in total. The first-order valence-electron chi connectivity index (χ1n) is 5.08. The van der Waals surface area contributed by atoms with E-state index in [2.05, 4.69) is 0 Å². The molecule has 2 aromatic rings. The number of hydrogen-bond donors (Lipinski definition) is 1. The molecule has 0 bridgehead atoms. The molecular weight excluding hydrogens is 218 g/mol. The summed E-state index contributed by atoms with van der Waals surface area (Å²) in [5.74, 6) is 0.148. The summed E-state index contributed by atoms with van der Waals surface area (Å²) in [5, 5.41) is 1.91. The molecule has 1 aromatic carbocycles. The van der Waals surface area contributed by atoms with Crippen LogP contribution in [0, 0.1) is 6.92 Å². The maximum Gasteiger partial charge on any atom is 0.168 e. The van der Waals surface area contributed by atoms with Gasteiger partial charge in [-0.1, -0.05) is 12.1 Å². The van der Waals surface area contributed by atoms with Crippen molar-refractivity contribution >= 4 is 22.8 Å². The van der Waals surface area contributed by atoms with Gasteiger partial charge in [0.05, 0.1) is 0 Å². The Labute approximate surface area is 98.7 Å². The monoisotopic (exact) mass is 231 g/mol. The number of nitrogen functional groups attached to an aromatic ring is 1. The first-order valence-corrected chi connectivity index (χ1v) is 5.96. The third-order valence-electron chi connectivity index (χ3n) is 2.37. The molecule has 0 saturated carbocycles. The van der Waals surface area contributed by atoms with Gasteiger partial charge in [-0.2, -0.15) is 0 Å². The van der Waals surface area contributed by atoms with Gasteiger partial charge in [-0.25, -0.2) is 0 Å². The molecule has 82 valence electrons. The summed E-state index contributed by atoms with van der Waals surface area (Å²) in [4.78, 5) is 13.1. The molecule has 0 aliphatic heterocycles. The summed E-state index contributed by atoms with van der Waals surface area (Å²) < 4.78 is 0. The number of anilines is 1. The molecule has 1 aromatic heterocycles. The van der Waals surface area contributed by atoms with Crippen molar-refractivity contribution in [1.82, 2.24) is 0 Å². The van der Waals surface area contributed by atoms with Crippen LogP contribution < -0.4 is 5.73 Å². The number of rotatable bonds is 3. The van der Waals surface area contributed by atoms with Gasteiger partial charge in [0.1, 0.15) is 0 Å². The highest BCUT2D eigenvalue weighted by atomic mass is 32.1. The highest BCUT2D eigenvalue weighted by Gasteiger charge is 2.08. The number of carbonyl (C=O) groups excluding carboxylic acids is 1. The maximum atomic E-state index is 11.9. The zero-order valence-electron chi connectivity index (χ0n) is 9.07. The Hall–Kier alpha value is -1.61. The quantitative estimate of drug-likeness (QED) is 0.651. The van der Waals surface area contributed by atoms with E-state index >= 15 is 0 Å². The largest absolute Gasteiger partial charge is 0.399 e. The van der Waals surface area contributed by atoms with Crippen molar-refractivity contribution in [3.63, 3.8) is 0 Å². The number of thiophene rings is 1. The average Bonchev–Trinajstić information content (AvgIpc) is 2.65. The summed E-state index contributed by atoms with van der Waals surface area (Å²) in [6.07, 6.45) is 0.418. The molecule has 0 unspecified atom stereocenters. The molecule has 0 aliphatic rings. The van der Waals surface area contributed by atoms with Crippen molar-refractivity contribution in [3.05, 3.63) is 51.7 Å². The molecule has 16 heavy (non-hydrogen) atoms. The zero-order valence-corrected chi connectivity index (χ0v) is 9.88. The molecule has 0 amide bonds. The minimum atomic E-state index is 0.148. The second-order valence-corrected chi connectivity index (χ2v) is 4.91. The molecule has 0 saturated heterocycles. The van der Waals surface area contributed by atoms with Crippen molar-refractivity contribution in [2.45, 2.75) is 13.3 Å². The summed E-state index contributed by atoms with van der Waals surface area (Å²) in [5.41, 5.74) is 8.13. The first kappa shape index (κ1) is 10.9. The van der Waals surface area contributed by atoms with Crippen molar-refractivity contribution in [2.75, 3.05) is 5.73 Å². The molecule has 2 rings (SSSR count). The Kier molecular flexibility index (Phi) is 3.06. The number of Topliss-reactive ketones (excluding diaryl/α,β-unsaturated/α-hetero) is 1. The van der Waals surface area contributed by atoms with E-state index < -0.39 is 0 Å². The third kappa shape index (κ3) is 2.49. The standard InChI is InChI=1S/C13H13NOS/c1-9-5-11(8-16-9)13(15)7-10-3-2-4-12(14)6-10/h2-6,8H,7,14H2,1H3. The van der Waals surface area contributed by atoms with Gasteiger partial charge in [0.15, 0.2) is 5.78 Å². The van der Waals surface area contributed by atoms with Crippen molar-refractivity contribution < 1.29 is 4.79 Å². The van der Waals surface area contributed by atoms with Gasteiger partial charge in [-0.3, -0.25) is 4.79 Å². The Morgan fingerprint density at radius 3 is 2.81 bits per heavy atom. The lowest BCUT2D eigenvalue weighted by Gasteiger charge is -2.00. The topological polar surface area (TPSA) is 43.1 Å². The van der Waals surface area contributed by atoms with E-state index in [1.165, 1.54) is 0 Å². The van der Waals surface area contributed by atoms with E-state index in [4.69, 9.17) is 5.73 Å². The second kappa shape index (κ2) is 4.49. The molecule has 0 aliphatic carbocycles. The fourth-order valence-corrected chi connectivity index (χ4v) is 2.29. The van der Waals surface area contributed by atoms with Crippen LogP contribution in [0.25, 0.3) is 0 Å². The Balaban J connectivity index is 2.13. The predicted octanol–water partition coefficient (Wildman–Crippen LogP) is 3.06. The normalized spacial score (nSPS) is 10.3. The Bertz CT molecular complexity index is 516. The summed E-state index contributed by atoms with van der Waals surface area (Å²) >= 11 is 1.60. The van der Waals surface area contributed by atoms with Gasteiger partial charge >= 0.3 is 0 Å². The minimum absolute atomic E-state index is 0.148. The second-order valence-electron chi connectivity index (χ2n) is 3.79. The van der Waals surface area contributed by atoms with E-state index in [0.29, 0.717) is 12.1 Å². The van der Waals surface area contributed by atoms with Gasteiger partial charge in [0, 0.05) is 27.9 Å². The van der Waals surface area contributed by atoms with E-state index in [-0.39, 0.29) is 5.78 Å². The highest BCUT2D eigenvalue weighted by Crippen LogP contribution is 2.16. The van der Waals surface area contributed by atoms with Crippen LogP contribution in [0.1, 0.15) is 20.8 Å². The number of carbonyl (C=O) groups is 1. The fraction of sp³-hybridized carbons (Fsp3) is 0.154. The third-order valence-corrected chi connectivity index (χ3v) is 3.23. The van der Waals surface area contributed by atoms with Gasteiger partial charge in [-0.05, 0) is 30.7 Å². The number of aryl methyl sites for hydroxylation is 1. The van der Waals surface area contributed by atoms with Crippen LogP contribution in [0.4, 0.5) is 5.69 Å². The van der Waals surface area contributed by atoms with Crippen LogP contribution in [-0.2, 0) is 6.42 Å². The van der Waals surface area contributed by atoms with Crippen LogP contribution in [0.15, 0.2) is 35.7 Å². The number of benzene rings is 1. The molecule has 1 heterocycles. The molecule has 0 atom stereocenters. The molecule has 0 radical (unpaired) electrons. The fourth-order valence-electron chi connectivity index (χ4n) is 1.58. The van der Waals surface area contributed by atoms with E-state index in [9.17, 15) is 4.79 Å². The number of hydrogen-bond acceptors (Lipinski definition) is 3. The number of ketones is 1. The summed E-state index contributed by atoms with van der Waals surface area (Å²) in [7, 11) is 0. The minimum Gasteiger partial charge on any atom is -0.399 e. The lowest BCUT2D eigenvalue weighted by molar-refractivity contribution is 0.0993. The highest BCUT2D eigenvalue weighted by molar-refractivity contribution is 7.10. The van der Waals surface area contributed by atoms with Crippen LogP contribution in [0.2, 0.25) is 0 Å². The van der Waals surface area contributed by atoms with Crippen molar-refractivity contribution in [2.24, 2.45) is 0 Å². The maximum absolute atomic E-state index is 11.9. The zero-order chi connectivity index (χ0) is 11.5. The van der Waals surface area contributed by atoms with Crippen LogP contribution >= 0.6 is 11.3 Å². The SMILES string of the molecule is Cc1cc(C(=O)Cc2cccc(N)c2)cs1. The molecule has 2 N–H and O–H groups in total. The molecule has 3 heteroatoms. The predicted molar refractivity (Wildman–Crippen MR) is 67.9 cm³/mol. The van der Waals surface area contributed by atoms with Crippen LogP contribution in [0.5, 0.6) is 0 Å². The lowest BCUT2D eigenvalue weighted by atomic mass is 10.0. The summed E-state index contributed by atoms with van der Waals surface area (Å²) in [6.45, 7) is 2.00. The average molecular weight is 231 g/mol. The van der Waals surface area contributed by atoms with Crippen LogP contribution in [0.3, 0.4) is 0 Å². The summed E-state index contributed by atoms with van der Waals surface area (Å²) in [6, 6.07) is 9.39. The molecule has 0 fully saturated rings. The molecule has 0 spiro atoms. The lowest BCUT2D eigenvalue weighted by Crippen LogP contribution is -2.02. The van der Waals surface area contributed by atoms with Gasteiger partial charge in [-0.15, -0.1) is 11.3 Å².